The van der Waals surface area contributed by atoms with Gasteiger partial charge in [0.25, 0.3) is 0 Å². The third kappa shape index (κ3) is 7.88. The van der Waals surface area contributed by atoms with Crippen LogP contribution in [0.5, 0.6) is 0 Å². The average molecular weight is 567 g/mol. The van der Waals surface area contributed by atoms with Crippen LogP contribution in [-0.4, -0.2) is 6.61 Å². The van der Waals surface area contributed by atoms with E-state index in [0.29, 0.717) is 42.1 Å². The maximum Gasteiger partial charge on any atom is 0.167 e. The highest BCUT2D eigenvalue weighted by Gasteiger charge is 2.27. The van der Waals surface area contributed by atoms with Gasteiger partial charge in [-0.3, -0.25) is 0 Å². The van der Waals surface area contributed by atoms with E-state index in [4.69, 9.17) is 4.74 Å². The van der Waals surface area contributed by atoms with Gasteiger partial charge in [0.05, 0.1) is 12.7 Å². The summed E-state index contributed by atoms with van der Waals surface area (Å²) in [4.78, 5) is 0. The van der Waals surface area contributed by atoms with E-state index >= 15 is 13.2 Å². The molecule has 0 saturated carbocycles. The second-order valence-corrected chi connectivity index (χ2v) is 11.3. The van der Waals surface area contributed by atoms with E-state index in [0.717, 1.165) is 38.5 Å². The highest BCUT2D eigenvalue weighted by Crippen LogP contribution is 2.37. The Morgan fingerprint density at radius 1 is 0.732 bits per heavy atom. The van der Waals surface area contributed by atoms with Crippen molar-refractivity contribution in [3.8, 4) is 22.3 Å². The van der Waals surface area contributed by atoms with Crippen molar-refractivity contribution in [3.63, 3.8) is 0 Å². The number of hydrogen-bond donors (Lipinski definition) is 0. The Morgan fingerprint density at radius 2 is 1.34 bits per heavy atom. The predicted molar refractivity (Wildman–Crippen MR) is 160 cm³/mol. The molecule has 2 unspecified atom stereocenters. The molecule has 3 aromatic rings. The van der Waals surface area contributed by atoms with Gasteiger partial charge in [-0.05, 0) is 61.1 Å². The molecule has 0 aliphatic carbocycles. The molecular weight excluding hydrogens is 524 g/mol. The minimum absolute atomic E-state index is 0.120. The van der Waals surface area contributed by atoms with Gasteiger partial charge in [0.2, 0.25) is 0 Å². The largest absolute Gasteiger partial charge is 0.373 e. The van der Waals surface area contributed by atoms with E-state index in [1.807, 2.05) is 6.08 Å². The zero-order chi connectivity index (χ0) is 29.2. The third-order valence-corrected chi connectivity index (χ3v) is 8.33. The number of rotatable bonds is 14. The molecule has 1 fully saturated rings. The van der Waals surface area contributed by atoms with Crippen molar-refractivity contribution in [3.05, 3.63) is 95.6 Å². The van der Waals surface area contributed by atoms with E-state index in [2.05, 4.69) is 13.5 Å². The minimum Gasteiger partial charge on any atom is -0.373 e. The number of ether oxygens (including phenoxy) is 1. The van der Waals surface area contributed by atoms with Crippen LogP contribution in [0.1, 0.15) is 94.8 Å². The van der Waals surface area contributed by atoms with Gasteiger partial charge in [-0.25, -0.2) is 17.6 Å². The molecule has 1 aliphatic rings. The third-order valence-electron chi connectivity index (χ3n) is 8.33. The molecular formula is C36H42F4O. The molecule has 0 spiro atoms. The first-order valence-corrected chi connectivity index (χ1v) is 15.2. The monoisotopic (exact) mass is 566 g/mol. The first-order valence-electron chi connectivity index (χ1n) is 15.2. The van der Waals surface area contributed by atoms with Gasteiger partial charge < -0.3 is 4.74 Å². The van der Waals surface area contributed by atoms with Gasteiger partial charge in [0, 0.05) is 16.7 Å². The van der Waals surface area contributed by atoms with Crippen molar-refractivity contribution in [1.82, 2.24) is 0 Å². The Kier molecular flexibility index (Phi) is 11.6. The number of hydrogen-bond acceptors (Lipinski definition) is 1. The fourth-order valence-corrected chi connectivity index (χ4v) is 5.78. The summed E-state index contributed by atoms with van der Waals surface area (Å²) in [5.41, 5.74) is 1.84. The smallest absolute Gasteiger partial charge is 0.167 e. The van der Waals surface area contributed by atoms with Gasteiger partial charge in [-0.1, -0.05) is 100 Å². The van der Waals surface area contributed by atoms with Crippen molar-refractivity contribution in [1.29, 1.82) is 0 Å². The van der Waals surface area contributed by atoms with Gasteiger partial charge in [-0.2, -0.15) is 0 Å². The fourth-order valence-electron chi connectivity index (χ4n) is 5.78. The van der Waals surface area contributed by atoms with E-state index < -0.39 is 29.4 Å². The Morgan fingerprint density at radius 3 is 1.95 bits per heavy atom. The number of allylic oxidation sites excluding steroid dienone is 1. The summed E-state index contributed by atoms with van der Waals surface area (Å²) < 4.78 is 66.1. The Balaban J connectivity index is 1.40. The van der Waals surface area contributed by atoms with Gasteiger partial charge in [0.15, 0.2) is 23.3 Å². The molecule has 2 atom stereocenters. The highest BCUT2D eigenvalue weighted by molar-refractivity contribution is 5.71. The van der Waals surface area contributed by atoms with E-state index in [1.165, 1.54) is 25.7 Å². The van der Waals surface area contributed by atoms with Gasteiger partial charge in [-0.15, -0.1) is 6.58 Å². The average Bonchev–Trinajstić information content (AvgIpc) is 2.99. The molecule has 41 heavy (non-hydrogen) atoms. The minimum atomic E-state index is -0.931. The molecule has 0 amide bonds. The van der Waals surface area contributed by atoms with Gasteiger partial charge >= 0.3 is 0 Å². The SMILES string of the molecule is C=CCCC1CCC(c2ccc(-c3ccc(-c4ccc(CCCCCCCCC)c(F)c4F)cc3)c(F)c2F)OC1. The number of halogens is 4. The molecule has 1 saturated heterocycles. The highest BCUT2D eigenvalue weighted by atomic mass is 19.2. The zero-order valence-corrected chi connectivity index (χ0v) is 24.2. The molecule has 5 heteroatoms. The molecule has 3 aromatic carbocycles. The lowest BCUT2D eigenvalue weighted by atomic mass is 9.90. The van der Waals surface area contributed by atoms with Crippen LogP contribution in [0, 0.1) is 29.2 Å². The van der Waals surface area contributed by atoms with Crippen LogP contribution in [0.4, 0.5) is 17.6 Å². The van der Waals surface area contributed by atoms with Crippen molar-refractivity contribution in [2.75, 3.05) is 6.61 Å². The molecule has 220 valence electrons. The Bertz CT molecular complexity index is 1280. The lowest BCUT2D eigenvalue weighted by Crippen LogP contribution is -2.21. The van der Waals surface area contributed by atoms with Crippen LogP contribution in [0.15, 0.2) is 61.2 Å². The van der Waals surface area contributed by atoms with Crippen molar-refractivity contribution >= 4 is 0 Å². The van der Waals surface area contributed by atoms with Gasteiger partial charge in [0.1, 0.15) is 0 Å². The molecule has 1 nitrogen and oxygen atoms in total. The summed E-state index contributed by atoms with van der Waals surface area (Å²) in [6, 6.07) is 12.9. The van der Waals surface area contributed by atoms with Crippen LogP contribution < -0.4 is 0 Å². The molecule has 0 radical (unpaired) electrons. The summed E-state index contributed by atoms with van der Waals surface area (Å²) in [5, 5.41) is 0. The first kappa shape index (κ1) is 31.0. The first-order chi connectivity index (χ1) is 19.9. The predicted octanol–water partition coefficient (Wildman–Crippen LogP) is 11.3. The Hall–Kier alpha value is -2.92. The Labute approximate surface area is 242 Å². The summed E-state index contributed by atoms with van der Waals surface area (Å²) in [6.07, 6.45) is 13.2. The molecule has 0 N–H and O–H groups in total. The fraction of sp³-hybridized carbons (Fsp3) is 0.444. The van der Waals surface area contributed by atoms with Crippen molar-refractivity contribution in [2.24, 2.45) is 5.92 Å². The number of unbranched alkanes of at least 4 members (excludes halogenated alkanes) is 6. The molecule has 4 rings (SSSR count). The lowest BCUT2D eigenvalue weighted by Gasteiger charge is -2.29. The van der Waals surface area contributed by atoms with Crippen LogP contribution in [0.3, 0.4) is 0 Å². The van der Waals surface area contributed by atoms with Crippen LogP contribution >= 0.6 is 0 Å². The van der Waals surface area contributed by atoms with Crippen LogP contribution in [0.2, 0.25) is 0 Å². The maximum atomic E-state index is 15.2. The maximum absolute atomic E-state index is 15.2. The van der Waals surface area contributed by atoms with Crippen LogP contribution in [0.25, 0.3) is 22.3 Å². The molecule has 1 aliphatic heterocycles. The number of benzene rings is 3. The van der Waals surface area contributed by atoms with Crippen molar-refractivity contribution < 1.29 is 22.3 Å². The quantitative estimate of drug-likeness (QED) is 0.107. The topological polar surface area (TPSA) is 9.23 Å². The number of aryl methyl sites for hydroxylation is 1. The molecule has 0 bridgehead atoms. The summed E-state index contributed by atoms with van der Waals surface area (Å²) in [5.74, 6) is -3.10. The second-order valence-electron chi connectivity index (χ2n) is 11.3. The standard InChI is InChI=1S/C36H42F4O/c1-3-5-7-8-9-10-11-13-28-19-20-29(34(38)33(28)37)26-15-17-27(18-16-26)30-21-22-31(36(40)35(30)39)32-23-14-25(24-41-32)12-6-4-2/h4,15-22,25,32H,2-3,5-14,23-24H2,1H3. The molecule has 0 aromatic heterocycles. The normalized spacial score (nSPS) is 17.1. The molecule has 1 heterocycles. The zero-order valence-electron chi connectivity index (χ0n) is 24.2. The van der Waals surface area contributed by atoms with E-state index in [9.17, 15) is 4.39 Å². The van der Waals surface area contributed by atoms with Crippen LogP contribution in [-0.2, 0) is 11.2 Å². The summed E-state index contributed by atoms with van der Waals surface area (Å²) in [7, 11) is 0. The lowest BCUT2D eigenvalue weighted by molar-refractivity contribution is -0.0210. The summed E-state index contributed by atoms with van der Waals surface area (Å²) in [6.45, 7) is 6.46. The van der Waals surface area contributed by atoms with E-state index in [1.54, 1.807) is 48.5 Å². The summed E-state index contributed by atoms with van der Waals surface area (Å²) >= 11 is 0. The second kappa shape index (κ2) is 15.3. The van der Waals surface area contributed by atoms with E-state index in [-0.39, 0.29) is 16.7 Å². The van der Waals surface area contributed by atoms with Crippen molar-refractivity contribution in [2.45, 2.75) is 90.1 Å².